The van der Waals surface area contributed by atoms with E-state index in [4.69, 9.17) is 11.6 Å². The number of hydrogen-bond donors (Lipinski definition) is 4. The Bertz CT molecular complexity index is 1610. The summed E-state index contributed by atoms with van der Waals surface area (Å²) < 4.78 is 59.0. The summed E-state index contributed by atoms with van der Waals surface area (Å²) in [5, 5.41) is 18.5. The van der Waals surface area contributed by atoms with Gasteiger partial charge in [0.1, 0.15) is 0 Å². The molecule has 5 rings (SSSR count). The zero-order valence-corrected chi connectivity index (χ0v) is 24.6. The highest BCUT2D eigenvalue weighted by Crippen LogP contribution is 2.31. The first-order chi connectivity index (χ1) is 21.4. The molecule has 2 atom stereocenters. The quantitative estimate of drug-likeness (QED) is 0.274. The highest BCUT2D eigenvalue weighted by molar-refractivity contribution is 6.34. The molecule has 2 fully saturated rings. The van der Waals surface area contributed by atoms with Crippen molar-refractivity contribution in [3.05, 3.63) is 64.6 Å². The first-order valence-electron chi connectivity index (χ1n) is 14.0. The number of alkyl halides is 2. The largest absolute Gasteiger partial charge is 0.432 e. The van der Waals surface area contributed by atoms with Gasteiger partial charge in [0.05, 0.1) is 34.6 Å². The summed E-state index contributed by atoms with van der Waals surface area (Å²) in [6.07, 6.45) is 1.40. The second-order valence-electron chi connectivity index (χ2n) is 10.7. The fraction of sp³-hybridized carbons (Fsp3) is 0.379. The van der Waals surface area contributed by atoms with Gasteiger partial charge in [0, 0.05) is 50.4 Å². The lowest BCUT2D eigenvalue weighted by Crippen LogP contribution is -2.48. The van der Waals surface area contributed by atoms with E-state index in [1.807, 2.05) is 0 Å². The number of anilines is 1. The van der Waals surface area contributed by atoms with Crippen LogP contribution in [0.4, 0.5) is 23.2 Å². The molecule has 3 amide bonds. The van der Waals surface area contributed by atoms with E-state index in [9.17, 15) is 37.1 Å². The Balaban J connectivity index is 1.20. The van der Waals surface area contributed by atoms with Gasteiger partial charge in [-0.2, -0.15) is 13.2 Å². The third-order valence-corrected chi connectivity index (χ3v) is 8.16. The Morgan fingerprint density at radius 2 is 1.84 bits per heavy atom. The Morgan fingerprint density at radius 3 is 2.49 bits per heavy atom. The minimum Gasteiger partial charge on any atom is -0.432 e. The molecule has 240 valence electrons. The summed E-state index contributed by atoms with van der Waals surface area (Å²) in [6, 6.07) is 5.85. The number of amides is 3. The molecule has 2 saturated heterocycles. The van der Waals surface area contributed by atoms with Gasteiger partial charge >= 0.3 is 6.61 Å². The molecule has 0 radical (unpaired) electrons. The second-order valence-corrected chi connectivity index (χ2v) is 11.1. The van der Waals surface area contributed by atoms with Gasteiger partial charge in [-0.1, -0.05) is 11.6 Å². The van der Waals surface area contributed by atoms with E-state index in [-0.39, 0.29) is 57.1 Å². The van der Waals surface area contributed by atoms with E-state index in [2.05, 4.69) is 25.7 Å². The van der Waals surface area contributed by atoms with Crippen LogP contribution in [0.2, 0.25) is 5.02 Å². The van der Waals surface area contributed by atoms with Crippen LogP contribution in [0.25, 0.3) is 11.3 Å². The van der Waals surface area contributed by atoms with E-state index >= 15 is 0 Å². The number of likely N-dealkylation sites (tertiary alicyclic amines) is 1. The predicted molar refractivity (Wildman–Crippen MR) is 154 cm³/mol. The summed E-state index contributed by atoms with van der Waals surface area (Å²) in [5.41, 5.74) is 0.0988. The van der Waals surface area contributed by atoms with Crippen LogP contribution in [0.1, 0.15) is 33.8 Å². The normalized spacial score (nSPS) is 18.7. The molecule has 0 unspecified atom stereocenters. The molecule has 0 saturated carbocycles. The van der Waals surface area contributed by atoms with Gasteiger partial charge in [-0.25, -0.2) is 9.37 Å². The lowest BCUT2D eigenvalue weighted by Gasteiger charge is -2.32. The van der Waals surface area contributed by atoms with Crippen LogP contribution in [-0.4, -0.2) is 82.2 Å². The van der Waals surface area contributed by atoms with E-state index in [1.54, 1.807) is 4.90 Å². The van der Waals surface area contributed by atoms with E-state index in [1.165, 1.54) is 29.8 Å². The van der Waals surface area contributed by atoms with Crippen molar-refractivity contribution in [2.45, 2.75) is 31.6 Å². The third kappa shape index (κ3) is 6.89. The first-order valence-corrected chi connectivity index (χ1v) is 14.4. The number of aliphatic hydroxyl groups excluding tert-OH is 1. The Labute approximate surface area is 259 Å². The summed E-state index contributed by atoms with van der Waals surface area (Å²) in [7, 11) is 1.38. The molecule has 16 heteroatoms. The van der Waals surface area contributed by atoms with Crippen molar-refractivity contribution >= 4 is 35.0 Å². The highest BCUT2D eigenvalue weighted by Gasteiger charge is 2.32. The number of aromatic nitrogens is 2. The van der Waals surface area contributed by atoms with Gasteiger partial charge in [0.2, 0.25) is 11.7 Å². The number of benzene rings is 2. The molecular formula is C29H29ClF4N6O5. The topological polar surface area (TPSA) is 138 Å². The molecule has 0 bridgehead atoms. The third-order valence-electron chi connectivity index (χ3n) is 7.85. The zero-order valence-electron chi connectivity index (χ0n) is 23.8. The minimum absolute atomic E-state index is 0.00601. The summed E-state index contributed by atoms with van der Waals surface area (Å²) in [5.74, 6) is -5.70. The maximum atomic E-state index is 14.6. The summed E-state index contributed by atoms with van der Waals surface area (Å²) in [4.78, 5) is 44.3. The minimum atomic E-state index is -3.34. The molecule has 11 nitrogen and oxygen atoms in total. The number of aliphatic hydroxyl groups is 1. The fourth-order valence-corrected chi connectivity index (χ4v) is 5.63. The fourth-order valence-electron chi connectivity index (χ4n) is 5.37. The van der Waals surface area contributed by atoms with Crippen LogP contribution in [0.3, 0.4) is 0 Å². The number of hydrogen-bond acceptors (Lipinski definition) is 7. The average Bonchev–Trinajstić information content (AvgIpc) is 3.59. The molecule has 3 heterocycles. The van der Waals surface area contributed by atoms with Crippen LogP contribution < -0.4 is 20.7 Å². The standard InChI is InChI=1S/C29H29ClF4N6O5/c1-39-20(17-4-5-22(45-29(33)34)24(32)23(17)31)12-36-25(39)27(43)37-15-2-3-16(18(30)10-15)28(44)40-8-6-14(7-9-40)26(42)38-19-11-35-13-21(19)41/h2-5,10,12,14,19,21,29,35,41H,6-9,11,13H2,1H3,(H,37,43)(H,38,42)/t19-,21-/m1/s1. The number of rotatable bonds is 8. The number of β-amino-alcohol motifs (C(OH)–C–C–N with tert-alkyl or cyclic N) is 1. The van der Waals surface area contributed by atoms with E-state index in [0.29, 0.717) is 39.0 Å². The summed E-state index contributed by atoms with van der Waals surface area (Å²) in [6.45, 7) is -1.74. The van der Waals surface area contributed by atoms with Gasteiger partial charge < -0.3 is 35.3 Å². The number of carbonyl (C=O) groups is 3. The molecule has 2 aliphatic heterocycles. The molecule has 1 aromatic heterocycles. The van der Waals surface area contributed by atoms with Crippen LogP contribution in [-0.2, 0) is 11.8 Å². The Kier molecular flexibility index (Phi) is 9.60. The Hall–Kier alpha value is -4.21. The number of ether oxygens (including phenoxy) is 1. The van der Waals surface area contributed by atoms with Crippen molar-refractivity contribution in [3.8, 4) is 17.0 Å². The number of nitrogens with zero attached hydrogens (tertiary/aromatic N) is 3. The number of nitrogens with one attached hydrogen (secondary N) is 3. The van der Waals surface area contributed by atoms with Crippen molar-refractivity contribution in [1.82, 2.24) is 25.1 Å². The SMILES string of the molecule is Cn1c(-c2ccc(OC(F)F)c(F)c2F)cnc1C(=O)Nc1ccc(C(=O)N2CCC(C(=O)N[C@@H]3CNC[C@H]3O)CC2)c(Cl)c1. The predicted octanol–water partition coefficient (Wildman–Crippen LogP) is 3.17. The van der Waals surface area contributed by atoms with Crippen molar-refractivity contribution in [3.63, 3.8) is 0 Å². The van der Waals surface area contributed by atoms with Crippen LogP contribution in [0, 0.1) is 17.6 Å². The summed E-state index contributed by atoms with van der Waals surface area (Å²) >= 11 is 6.41. The molecule has 0 aliphatic carbocycles. The number of piperidine rings is 1. The molecule has 4 N–H and O–H groups in total. The monoisotopic (exact) mass is 652 g/mol. The average molecular weight is 653 g/mol. The first kappa shape index (κ1) is 32.2. The van der Waals surface area contributed by atoms with Gasteiger partial charge in [-0.15, -0.1) is 0 Å². The molecule has 2 aliphatic rings. The maximum Gasteiger partial charge on any atom is 0.387 e. The van der Waals surface area contributed by atoms with Crippen molar-refractivity contribution < 1.29 is 41.8 Å². The van der Waals surface area contributed by atoms with Crippen molar-refractivity contribution in [2.75, 3.05) is 31.5 Å². The maximum absolute atomic E-state index is 14.6. The lowest BCUT2D eigenvalue weighted by atomic mass is 9.95. The highest BCUT2D eigenvalue weighted by atomic mass is 35.5. The number of halogens is 5. The van der Waals surface area contributed by atoms with Crippen molar-refractivity contribution in [2.24, 2.45) is 13.0 Å². The van der Waals surface area contributed by atoms with E-state index < -0.39 is 36.0 Å². The molecule has 0 spiro atoms. The van der Waals surface area contributed by atoms with Crippen LogP contribution in [0.5, 0.6) is 5.75 Å². The van der Waals surface area contributed by atoms with Crippen LogP contribution >= 0.6 is 11.6 Å². The second kappa shape index (κ2) is 13.4. The molecule has 45 heavy (non-hydrogen) atoms. The molecular weight excluding hydrogens is 624 g/mol. The molecule has 2 aromatic carbocycles. The van der Waals surface area contributed by atoms with Gasteiger partial charge in [0.15, 0.2) is 17.4 Å². The smallest absolute Gasteiger partial charge is 0.387 e. The zero-order chi connectivity index (χ0) is 32.4. The Morgan fingerprint density at radius 1 is 1.11 bits per heavy atom. The van der Waals surface area contributed by atoms with Crippen molar-refractivity contribution in [1.29, 1.82) is 0 Å². The number of imidazole rings is 1. The van der Waals surface area contributed by atoms with Crippen LogP contribution in [0.15, 0.2) is 36.5 Å². The van der Waals surface area contributed by atoms with Gasteiger partial charge in [-0.05, 0) is 43.2 Å². The molecule has 3 aromatic rings. The lowest BCUT2D eigenvalue weighted by molar-refractivity contribution is -0.127. The number of carbonyl (C=O) groups excluding carboxylic acids is 3. The van der Waals surface area contributed by atoms with Gasteiger partial charge in [-0.3, -0.25) is 14.4 Å². The van der Waals surface area contributed by atoms with Gasteiger partial charge in [0.25, 0.3) is 11.8 Å². The van der Waals surface area contributed by atoms with E-state index in [0.717, 1.165) is 18.3 Å².